The summed E-state index contributed by atoms with van der Waals surface area (Å²) in [6.45, 7) is -1.75. The molecule has 2 N–H and O–H groups in total. The van der Waals surface area contributed by atoms with E-state index in [-0.39, 0.29) is 6.07 Å². The number of primary amides is 1. The van der Waals surface area contributed by atoms with Gasteiger partial charge in [0.2, 0.25) is 5.91 Å². The highest BCUT2D eigenvalue weighted by atomic mass is 19.4. The van der Waals surface area contributed by atoms with Gasteiger partial charge in [-0.3, -0.25) is 9.59 Å². The molecule has 1 aliphatic heterocycles. The van der Waals surface area contributed by atoms with Crippen LogP contribution in [0.3, 0.4) is 0 Å². The molecule has 0 unspecified atom stereocenters. The lowest BCUT2D eigenvalue weighted by molar-refractivity contribution is -0.182. The van der Waals surface area contributed by atoms with E-state index in [1.165, 1.54) is 0 Å². The molecular formula is C14H11F7N2O2. The first-order valence-corrected chi connectivity index (χ1v) is 6.84. The molecule has 1 aromatic rings. The predicted octanol–water partition coefficient (Wildman–Crippen LogP) is 2.58. The van der Waals surface area contributed by atoms with Crippen molar-refractivity contribution in [2.24, 2.45) is 17.6 Å². The number of alkyl halides is 6. The van der Waals surface area contributed by atoms with Gasteiger partial charge in [-0.15, -0.1) is 0 Å². The van der Waals surface area contributed by atoms with Crippen LogP contribution in [0.5, 0.6) is 0 Å². The normalized spacial score (nSPS) is 21.5. The van der Waals surface area contributed by atoms with Crippen LogP contribution in [0, 0.1) is 17.7 Å². The van der Waals surface area contributed by atoms with Crippen molar-refractivity contribution in [1.29, 1.82) is 0 Å². The molecule has 1 saturated heterocycles. The molecule has 1 heterocycles. The Kier molecular flexibility index (Phi) is 4.71. The van der Waals surface area contributed by atoms with Crippen LogP contribution in [-0.4, -0.2) is 36.0 Å². The summed E-state index contributed by atoms with van der Waals surface area (Å²) in [6.07, 6.45) is -9.71. The van der Waals surface area contributed by atoms with E-state index in [0.717, 1.165) is 0 Å². The van der Waals surface area contributed by atoms with Crippen molar-refractivity contribution < 1.29 is 40.3 Å². The summed E-state index contributed by atoms with van der Waals surface area (Å²) in [4.78, 5) is 23.8. The maximum atomic E-state index is 13.7. The summed E-state index contributed by atoms with van der Waals surface area (Å²) in [7, 11) is 0. The van der Waals surface area contributed by atoms with E-state index in [0.29, 0.717) is 17.0 Å². The Hall–Kier alpha value is -2.33. The van der Waals surface area contributed by atoms with E-state index in [1.54, 1.807) is 0 Å². The van der Waals surface area contributed by atoms with Gasteiger partial charge in [0, 0.05) is 13.1 Å². The number of likely N-dealkylation sites (tertiary alicyclic amines) is 1. The number of benzene rings is 1. The van der Waals surface area contributed by atoms with Crippen molar-refractivity contribution in [3.05, 3.63) is 35.1 Å². The zero-order valence-electron chi connectivity index (χ0n) is 12.3. The number of amides is 2. The highest BCUT2D eigenvalue weighted by Gasteiger charge is 2.53. The van der Waals surface area contributed by atoms with Gasteiger partial charge in [-0.25, -0.2) is 4.39 Å². The molecule has 1 fully saturated rings. The van der Waals surface area contributed by atoms with Gasteiger partial charge in [0.05, 0.1) is 23.0 Å². The molecule has 11 heteroatoms. The molecule has 25 heavy (non-hydrogen) atoms. The Labute approximate surface area is 136 Å². The minimum absolute atomic E-state index is 0.220. The first-order chi connectivity index (χ1) is 11.3. The lowest BCUT2D eigenvalue weighted by atomic mass is 9.95. The van der Waals surface area contributed by atoms with Gasteiger partial charge in [-0.1, -0.05) is 0 Å². The average molecular weight is 372 g/mol. The SMILES string of the molecule is NC(=O)[C@@H]1CN(C(=O)c2cc(C(F)(F)F)ccc2F)C[C@H]1C(F)(F)F. The van der Waals surface area contributed by atoms with E-state index in [2.05, 4.69) is 0 Å². The van der Waals surface area contributed by atoms with Crippen LogP contribution in [0.2, 0.25) is 0 Å². The van der Waals surface area contributed by atoms with Crippen LogP contribution in [0.25, 0.3) is 0 Å². The highest BCUT2D eigenvalue weighted by molar-refractivity contribution is 5.95. The van der Waals surface area contributed by atoms with E-state index in [1.807, 2.05) is 0 Å². The van der Waals surface area contributed by atoms with Gasteiger partial charge in [0.15, 0.2) is 0 Å². The lowest BCUT2D eigenvalue weighted by Crippen LogP contribution is -2.37. The van der Waals surface area contributed by atoms with Crippen molar-refractivity contribution >= 4 is 11.8 Å². The number of hydrogen-bond donors (Lipinski definition) is 1. The van der Waals surface area contributed by atoms with Crippen LogP contribution in [-0.2, 0) is 11.0 Å². The topological polar surface area (TPSA) is 63.4 Å². The van der Waals surface area contributed by atoms with Gasteiger partial charge in [-0.05, 0) is 18.2 Å². The predicted molar refractivity (Wildman–Crippen MR) is 69.5 cm³/mol. The fraction of sp³-hybridized carbons (Fsp3) is 0.429. The molecule has 4 nitrogen and oxygen atoms in total. The molecule has 2 amide bonds. The zero-order chi connectivity index (χ0) is 19.2. The van der Waals surface area contributed by atoms with Crippen LogP contribution in [0.15, 0.2) is 18.2 Å². The van der Waals surface area contributed by atoms with Crippen LogP contribution in [0.1, 0.15) is 15.9 Å². The van der Waals surface area contributed by atoms with E-state index in [4.69, 9.17) is 5.73 Å². The minimum atomic E-state index is -4.86. The summed E-state index contributed by atoms with van der Waals surface area (Å²) in [6, 6.07) is 1.03. The number of nitrogens with two attached hydrogens (primary N) is 1. The average Bonchev–Trinajstić information content (AvgIpc) is 2.91. The van der Waals surface area contributed by atoms with Gasteiger partial charge in [0.25, 0.3) is 5.91 Å². The third-order valence-electron chi connectivity index (χ3n) is 3.92. The molecule has 0 radical (unpaired) electrons. The molecule has 0 aromatic heterocycles. The van der Waals surface area contributed by atoms with Crippen LogP contribution >= 0.6 is 0 Å². The van der Waals surface area contributed by atoms with Crippen molar-refractivity contribution in [2.45, 2.75) is 12.4 Å². The summed E-state index contributed by atoms with van der Waals surface area (Å²) in [5.41, 5.74) is 2.55. The molecule has 1 aromatic carbocycles. The molecule has 0 aliphatic carbocycles. The van der Waals surface area contributed by atoms with E-state index in [9.17, 15) is 40.3 Å². The maximum Gasteiger partial charge on any atom is 0.416 e. The van der Waals surface area contributed by atoms with Gasteiger partial charge < -0.3 is 10.6 Å². The second-order valence-corrected chi connectivity index (χ2v) is 5.56. The quantitative estimate of drug-likeness (QED) is 0.812. The van der Waals surface area contributed by atoms with Crippen molar-refractivity contribution in [1.82, 2.24) is 4.90 Å². The fourth-order valence-corrected chi connectivity index (χ4v) is 2.63. The molecule has 138 valence electrons. The smallest absolute Gasteiger partial charge is 0.369 e. The summed E-state index contributed by atoms with van der Waals surface area (Å²) >= 11 is 0. The van der Waals surface area contributed by atoms with Crippen LogP contribution < -0.4 is 5.73 Å². The van der Waals surface area contributed by atoms with E-state index >= 15 is 0 Å². The van der Waals surface area contributed by atoms with Gasteiger partial charge >= 0.3 is 12.4 Å². The van der Waals surface area contributed by atoms with Crippen LogP contribution in [0.4, 0.5) is 30.7 Å². The molecule has 0 bridgehead atoms. The second kappa shape index (κ2) is 6.19. The molecule has 1 aliphatic rings. The first-order valence-electron chi connectivity index (χ1n) is 6.84. The van der Waals surface area contributed by atoms with Crippen molar-refractivity contribution in [2.75, 3.05) is 13.1 Å². The summed E-state index contributed by atoms with van der Waals surface area (Å²) in [5.74, 6) is -8.01. The number of halogens is 7. The Balaban J connectivity index is 2.34. The number of carbonyl (C=O) groups excluding carboxylic acids is 2. The Morgan fingerprint density at radius 1 is 1.08 bits per heavy atom. The summed E-state index contributed by atoms with van der Waals surface area (Å²) in [5, 5.41) is 0. The lowest BCUT2D eigenvalue weighted by Gasteiger charge is -2.19. The molecular weight excluding hydrogens is 361 g/mol. The number of nitrogens with zero attached hydrogens (tertiary/aromatic N) is 1. The van der Waals surface area contributed by atoms with Gasteiger partial charge in [-0.2, -0.15) is 26.3 Å². The molecule has 0 spiro atoms. The number of rotatable bonds is 2. The minimum Gasteiger partial charge on any atom is -0.369 e. The third kappa shape index (κ3) is 3.85. The van der Waals surface area contributed by atoms with Crippen molar-refractivity contribution in [3.63, 3.8) is 0 Å². The standard InChI is InChI=1S/C14H11F7N2O2/c15-10-2-1-6(13(16,17)18)3-7(10)12(25)23-4-8(11(22)24)9(5-23)14(19,20)21/h1-3,8-9H,4-5H2,(H2,22,24)/t8-,9-/m1/s1. The Morgan fingerprint density at radius 2 is 1.68 bits per heavy atom. The van der Waals surface area contributed by atoms with E-state index < -0.39 is 66.0 Å². The zero-order valence-corrected chi connectivity index (χ0v) is 12.3. The molecule has 2 rings (SSSR count). The second-order valence-electron chi connectivity index (χ2n) is 5.56. The fourth-order valence-electron chi connectivity index (χ4n) is 2.63. The molecule has 0 saturated carbocycles. The molecule has 2 atom stereocenters. The monoisotopic (exact) mass is 372 g/mol. The summed E-state index contributed by atoms with van der Waals surface area (Å²) < 4.78 is 90.6. The first kappa shape index (κ1) is 19.0. The number of hydrogen-bond acceptors (Lipinski definition) is 2. The number of carbonyl (C=O) groups is 2. The Morgan fingerprint density at radius 3 is 2.12 bits per heavy atom. The van der Waals surface area contributed by atoms with Crippen molar-refractivity contribution in [3.8, 4) is 0 Å². The highest BCUT2D eigenvalue weighted by Crippen LogP contribution is 2.38. The maximum absolute atomic E-state index is 13.7. The van der Waals surface area contributed by atoms with Gasteiger partial charge in [0.1, 0.15) is 5.82 Å². The Bertz CT molecular complexity index is 699. The largest absolute Gasteiger partial charge is 0.416 e. The third-order valence-corrected chi connectivity index (χ3v) is 3.92.